The van der Waals surface area contributed by atoms with Crippen molar-refractivity contribution < 1.29 is 49.0 Å². The van der Waals surface area contributed by atoms with Crippen molar-refractivity contribution in [3.63, 3.8) is 0 Å². The van der Waals surface area contributed by atoms with Crippen LogP contribution < -0.4 is 9.47 Å². The van der Waals surface area contributed by atoms with Crippen LogP contribution in [0, 0.1) is 29.1 Å². The molecule has 1 heterocycles. The number of hydrogen-bond acceptors (Lipinski definition) is 4. The molecular formula is C23H17F9N2O2. The lowest BCUT2D eigenvalue weighted by atomic mass is 10.1. The van der Waals surface area contributed by atoms with Gasteiger partial charge in [-0.25, -0.2) is 31.9 Å². The monoisotopic (exact) mass is 524 g/mol. The zero-order valence-electron chi connectivity index (χ0n) is 18.4. The van der Waals surface area contributed by atoms with Crippen molar-refractivity contribution in [2.24, 2.45) is 0 Å². The van der Waals surface area contributed by atoms with Gasteiger partial charge in [0.25, 0.3) is 0 Å². The summed E-state index contributed by atoms with van der Waals surface area (Å²) >= 11 is 0. The number of ether oxygens (including phenoxy) is 2. The Bertz CT molecular complexity index is 1170. The Kier molecular flexibility index (Phi) is 7.99. The number of aromatic nitrogens is 2. The number of nitrogens with zero attached hydrogens (tertiary/aromatic N) is 2. The molecule has 13 heteroatoms. The Morgan fingerprint density at radius 3 is 1.67 bits per heavy atom. The summed E-state index contributed by atoms with van der Waals surface area (Å²) in [4.78, 5) is 6.99. The minimum Gasteiger partial charge on any atom is -0.429 e. The fourth-order valence-electron chi connectivity index (χ4n) is 3.08. The number of aryl methyl sites for hydroxylation is 1. The van der Waals surface area contributed by atoms with Crippen LogP contribution in [0.15, 0.2) is 36.7 Å². The Labute approximate surface area is 198 Å². The molecule has 1 aromatic heterocycles. The maximum absolute atomic E-state index is 14.4. The number of hydrogen-bond donors (Lipinski definition) is 0. The largest absolute Gasteiger partial charge is 0.462 e. The van der Waals surface area contributed by atoms with Gasteiger partial charge >= 0.3 is 12.2 Å². The highest BCUT2D eigenvalue weighted by molar-refractivity contribution is 5.34. The lowest BCUT2D eigenvalue weighted by molar-refractivity contribution is -0.193. The molecule has 0 bridgehead atoms. The average Bonchev–Trinajstić information content (AvgIpc) is 2.76. The third-order valence-electron chi connectivity index (χ3n) is 4.79. The fourth-order valence-corrected chi connectivity index (χ4v) is 3.08. The molecule has 0 aliphatic carbocycles. The van der Waals surface area contributed by atoms with E-state index >= 15 is 0 Å². The fraction of sp³-hybridized carbons (Fsp3) is 0.304. The van der Waals surface area contributed by atoms with Gasteiger partial charge in [0.2, 0.25) is 5.82 Å². The standard InChI is InChI=1S/C23H17F9N2O2/c1-2-3-4-5-12-10-33-21(34-11-12)23(31,32)36-13-6-15(24)19(16(25)7-13)22(29,30)35-14-8-17(26)20(28)18(27)9-14/h6-11H,2-5H2,1H3. The molecule has 0 spiro atoms. The van der Waals surface area contributed by atoms with Gasteiger partial charge in [-0.1, -0.05) is 19.8 Å². The van der Waals surface area contributed by atoms with Crippen LogP contribution in [0.25, 0.3) is 0 Å². The van der Waals surface area contributed by atoms with Gasteiger partial charge in [0.1, 0.15) is 28.7 Å². The first-order valence-corrected chi connectivity index (χ1v) is 10.4. The number of unbranched alkanes of at least 4 members (excludes halogenated alkanes) is 2. The zero-order valence-corrected chi connectivity index (χ0v) is 18.4. The van der Waals surface area contributed by atoms with Gasteiger partial charge in [-0.3, -0.25) is 0 Å². The average molecular weight is 524 g/mol. The van der Waals surface area contributed by atoms with E-state index < -0.39 is 64.2 Å². The molecule has 0 aliphatic rings. The Morgan fingerprint density at radius 1 is 0.694 bits per heavy atom. The molecule has 0 radical (unpaired) electrons. The minimum atomic E-state index is -4.89. The summed E-state index contributed by atoms with van der Waals surface area (Å²) in [6, 6.07) is 0.0908. The molecule has 3 rings (SSSR count). The van der Waals surface area contributed by atoms with Crippen molar-refractivity contribution in [3.8, 4) is 11.5 Å². The smallest absolute Gasteiger partial charge is 0.429 e. The number of benzene rings is 2. The van der Waals surface area contributed by atoms with Gasteiger partial charge in [0.15, 0.2) is 17.5 Å². The van der Waals surface area contributed by atoms with E-state index in [9.17, 15) is 39.5 Å². The summed E-state index contributed by atoms with van der Waals surface area (Å²) in [5.74, 6) is -13.6. The number of halogens is 9. The van der Waals surface area contributed by atoms with E-state index in [-0.39, 0.29) is 24.3 Å². The van der Waals surface area contributed by atoms with E-state index in [0.717, 1.165) is 31.7 Å². The van der Waals surface area contributed by atoms with Crippen LogP contribution in [0.1, 0.15) is 43.1 Å². The SMILES string of the molecule is CCCCCc1cnc(C(F)(F)Oc2cc(F)c(C(F)(F)Oc3cc(F)c(F)c(F)c3)c(F)c2)nc1. The van der Waals surface area contributed by atoms with E-state index in [0.29, 0.717) is 12.0 Å². The summed E-state index contributed by atoms with van der Waals surface area (Å²) in [5, 5.41) is 0. The molecule has 0 aliphatic heterocycles. The first-order valence-electron chi connectivity index (χ1n) is 10.4. The molecule has 3 aromatic rings. The van der Waals surface area contributed by atoms with Gasteiger partial charge in [0.05, 0.1) is 0 Å². The normalized spacial score (nSPS) is 12.1. The van der Waals surface area contributed by atoms with E-state index in [1.54, 1.807) is 0 Å². The van der Waals surface area contributed by atoms with Crippen LogP contribution in [-0.2, 0) is 18.6 Å². The summed E-state index contributed by atoms with van der Waals surface area (Å²) in [6.07, 6.45) is -3.71. The maximum atomic E-state index is 14.4. The van der Waals surface area contributed by atoms with Crippen molar-refractivity contribution in [3.05, 3.63) is 82.7 Å². The topological polar surface area (TPSA) is 44.2 Å². The van der Waals surface area contributed by atoms with Crippen molar-refractivity contribution >= 4 is 0 Å². The summed E-state index contributed by atoms with van der Waals surface area (Å²) in [5.41, 5.74) is -1.50. The van der Waals surface area contributed by atoms with Crippen molar-refractivity contribution in [2.75, 3.05) is 0 Å². The Balaban J connectivity index is 1.80. The minimum absolute atomic E-state index is 0.0224. The molecule has 0 saturated carbocycles. The maximum Gasteiger partial charge on any atom is 0.462 e. The molecule has 36 heavy (non-hydrogen) atoms. The number of alkyl halides is 4. The third kappa shape index (κ3) is 6.18. The van der Waals surface area contributed by atoms with Crippen LogP contribution in [-0.4, -0.2) is 9.97 Å². The van der Waals surface area contributed by atoms with E-state index in [2.05, 4.69) is 19.4 Å². The van der Waals surface area contributed by atoms with Gasteiger partial charge in [-0.05, 0) is 18.4 Å². The summed E-state index contributed by atoms with van der Waals surface area (Å²) in [7, 11) is 0. The van der Waals surface area contributed by atoms with Crippen LogP contribution in [0.5, 0.6) is 11.5 Å². The molecule has 0 saturated heterocycles. The molecule has 194 valence electrons. The van der Waals surface area contributed by atoms with E-state index in [4.69, 9.17) is 0 Å². The van der Waals surface area contributed by atoms with Crippen LogP contribution in [0.2, 0.25) is 0 Å². The molecule has 0 atom stereocenters. The van der Waals surface area contributed by atoms with Crippen molar-refractivity contribution in [1.29, 1.82) is 0 Å². The van der Waals surface area contributed by atoms with Crippen molar-refractivity contribution in [2.45, 2.75) is 44.8 Å². The van der Waals surface area contributed by atoms with E-state index in [1.807, 2.05) is 6.92 Å². The second-order valence-electron chi connectivity index (χ2n) is 7.57. The zero-order chi connectivity index (χ0) is 26.7. The van der Waals surface area contributed by atoms with Crippen LogP contribution in [0.3, 0.4) is 0 Å². The van der Waals surface area contributed by atoms with Crippen LogP contribution >= 0.6 is 0 Å². The lowest BCUT2D eigenvalue weighted by Gasteiger charge is -2.21. The van der Waals surface area contributed by atoms with Gasteiger partial charge in [-0.15, -0.1) is 0 Å². The van der Waals surface area contributed by atoms with Crippen LogP contribution in [0.4, 0.5) is 39.5 Å². The molecule has 4 nitrogen and oxygen atoms in total. The predicted molar refractivity (Wildman–Crippen MR) is 107 cm³/mol. The lowest BCUT2D eigenvalue weighted by Crippen LogP contribution is -2.27. The highest BCUT2D eigenvalue weighted by Crippen LogP contribution is 2.38. The first kappa shape index (κ1) is 27.1. The number of rotatable bonds is 10. The quantitative estimate of drug-likeness (QED) is 0.160. The van der Waals surface area contributed by atoms with Gasteiger partial charge in [0, 0.05) is 36.7 Å². The Hall–Kier alpha value is -3.51. The molecule has 0 fully saturated rings. The highest BCUT2D eigenvalue weighted by atomic mass is 19.3. The molecular weight excluding hydrogens is 507 g/mol. The van der Waals surface area contributed by atoms with Gasteiger partial charge in [-0.2, -0.15) is 17.6 Å². The molecule has 0 unspecified atom stereocenters. The predicted octanol–water partition coefficient (Wildman–Crippen LogP) is 7.16. The highest BCUT2D eigenvalue weighted by Gasteiger charge is 2.43. The molecule has 0 amide bonds. The summed E-state index contributed by atoms with van der Waals surface area (Å²) in [6.45, 7) is 1.98. The molecule has 0 N–H and O–H groups in total. The molecule has 2 aromatic carbocycles. The third-order valence-corrected chi connectivity index (χ3v) is 4.79. The second-order valence-corrected chi connectivity index (χ2v) is 7.57. The second kappa shape index (κ2) is 10.6. The first-order chi connectivity index (χ1) is 16.8. The van der Waals surface area contributed by atoms with Gasteiger partial charge < -0.3 is 9.47 Å². The Morgan fingerprint density at radius 2 is 1.17 bits per heavy atom. The summed E-state index contributed by atoms with van der Waals surface area (Å²) < 4.78 is 134. The van der Waals surface area contributed by atoms with E-state index in [1.165, 1.54) is 0 Å². The van der Waals surface area contributed by atoms with Crippen molar-refractivity contribution in [1.82, 2.24) is 9.97 Å².